The molecule has 0 saturated carbocycles. The van der Waals surface area contributed by atoms with Crippen molar-refractivity contribution < 1.29 is 17.9 Å². The van der Waals surface area contributed by atoms with Crippen molar-refractivity contribution in [3.63, 3.8) is 0 Å². The van der Waals surface area contributed by atoms with E-state index in [0.29, 0.717) is 26.1 Å². The van der Waals surface area contributed by atoms with Crippen molar-refractivity contribution in [3.05, 3.63) is 54.6 Å². The molecule has 1 aliphatic heterocycles. The number of fused-ring (bicyclic) bond motifs is 1. The molecule has 0 aliphatic carbocycles. The third-order valence-corrected chi connectivity index (χ3v) is 6.22. The number of nitrogens with zero attached hydrogens (tertiary/aromatic N) is 1. The Morgan fingerprint density at radius 2 is 2.00 bits per heavy atom. The number of ether oxygens (including phenoxy) is 1. The van der Waals surface area contributed by atoms with Crippen molar-refractivity contribution in [3.8, 4) is 0 Å². The maximum absolute atomic E-state index is 12.7. The molecule has 6 nitrogen and oxygen atoms in total. The number of rotatable bonds is 5. The van der Waals surface area contributed by atoms with Gasteiger partial charge in [-0.2, -0.15) is 0 Å². The van der Waals surface area contributed by atoms with Crippen molar-refractivity contribution in [2.45, 2.75) is 18.2 Å². The molecule has 1 aliphatic rings. The van der Waals surface area contributed by atoms with E-state index in [-0.39, 0.29) is 23.5 Å². The van der Waals surface area contributed by atoms with Crippen LogP contribution in [-0.4, -0.2) is 45.7 Å². The van der Waals surface area contributed by atoms with Crippen LogP contribution in [0.2, 0.25) is 0 Å². The number of piperidine rings is 1. The number of hydrogen-bond donors (Lipinski definition) is 1. The van der Waals surface area contributed by atoms with Gasteiger partial charge >= 0.3 is 6.09 Å². The molecule has 1 fully saturated rings. The highest BCUT2D eigenvalue weighted by molar-refractivity contribution is 7.89. The Morgan fingerprint density at radius 3 is 2.74 bits per heavy atom. The molecular formula is C20H24N2O4S. The van der Waals surface area contributed by atoms with E-state index >= 15 is 0 Å². The van der Waals surface area contributed by atoms with Crippen LogP contribution in [0.15, 0.2) is 59.5 Å². The molecule has 1 atom stereocenters. The summed E-state index contributed by atoms with van der Waals surface area (Å²) in [5.74, 6) is -0.140. The van der Waals surface area contributed by atoms with Crippen LogP contribution in [0.25, 0.3) is 10.8 Å². The molecule has 0 spiro atoms. The number of carbonyl (C=O) groups excluding carboxylic acids is 1. The van der Waals surface area contributed by atoms with Crippen LogP contribution in [0.3, 0.4) is 0 Å². The topological polar surface area (TPSA) is 75.7 Å². The number of hydrogen-bond acceptors (Lipinski definition) is 4. The molecule has 27 heavy (non-hydrogen) atoms. The second kappa shape index (κ2) is 8.10. The lowest BCUT2D eigenvalue weighted by atomic mass is 9.93. The Bertz CT molecular complexity index is 955. The highest BCUT2D eigenvalue weighted by atomic mass is 32.2. The van der Waals surface area contributed by atoms with E-state index in [1.165, 1.54) is 0 Å². The van der Waals surface area contributed by atoms with E-state index < -0.39 is 10.0 Å². The fourth-order valence-corrected chi connectivity index (χ4v) is 4.30. The molecule has 144 valence electrons. The predicted molar refractivity (Wildman–Crippen MR) is 105 cm³/mol. The summed E-state index contributed by atoms with van der Waals surface area (Å²) in [6.07, 6.45) is 0.272. The summed E-state index contributed by atoms with van der Waals surface area (Å²) in [6, 6.07) is 12.7. The third-order valence-electron chi connectivity index (χ3n) is 4.80. The first-order valence-electron chi connectivity index (χ1n) is 8.98. The Morgan fingerprint density at radius 1 is 1.26 bits per heavy atom. The number of carbonyl (C=O) groups is 1. The van der Waals surface area contributed by atoms with Crippen LogP contribution in [-0.2, 0) is 14.8 Å². The van der Waals surface area contributed by atoms with Crippen molar-refractivity contribution in [2.75, 3.05) is 26.2 Å². The first-order valence-corrected chi connectivity index (χ1v) is 10.5. The Kier molecular flexibility index (Phi) is 5.82. The van der Waals surface area contributed by atoms with Gasteiger partial charge in [0.2, 0.25) is 10.0 Å². The summed E-state index contributed by atoms with van der Waals surface area (Å²) in [4.78, 5) is 13.8. The largest absolute Gasteiger partial charge is 0.450 e. The number of nitrogens with one attached hydrogen (secondary N) is 1. The SMILES string of the molecule is C=C1CCN(C(=O)OCC)C[C@H]1CNS(=O)(=O)c1ccc2ccccc2c1. The zero-order valence-corrected chi connectivity index (χ0v) is 16.2. The molecule has 7 heteroatoms. The maximum Gasteiger partial charge on any atom is 0.409 e. The van der Waals surface area contributed by atoms with E-state index in [4.69, 9.17) is 4.74 Å². The molecule has 0 unspecified atom stereocenters. The van der Waals surface area contributed by atoms with E-state index in [2.05, 4.69) is 11.3 Å². The summed E-state index contributed by atoms with van der Waals surface area (Å²) in [6.45, 7) is 7.26. The molecule has 1 amide bonds. The molecule has 2 aromatic rings. The number of sulfonamides is 1. The van der Waals surface area contributed by atoms with Gasteiger partial charge in [0.25, 0.3) is 0 Å². The van der Waals surface area contributed by atoms with Gasteiger partial charge in [-0.1, -0.05) is 42.5 Å². The van der Waals surface area contributed by atoms with Gasteiger partial charge < -0.3 is 9.64 Å². The molecule has 0 bridgehead atoms. The normalized spacial score (nSPS) is 17.9. The molecular weight excluding hydrogens is 364 g/mol. The second-order valence-corrected chi connectivity index (χ2v) is 8.38. The predicted octanol–water partition coefficient (Wildman–Crippen LogP) is 3.15. The van der Waals surface area contributed by atoms with Crippen molar-refractivity contribution in [1.82, 2.24) is 9.62 Å². The van der Waals surface area contributed by atoms with E-state index in [0.717, 1.165) is 16.3 Å². The lowest BCUT2D eigenvalue weighted by Crippen LogP contribution is -2.44. The van der Waals surface area contributed by atoms with Gasteiger partial charge in [0.15, 0.2) is 0 Å². The van der Waals surface area contributed by atoms with E-state index in [1.54, 1.807) is 30.0 Å². The summed E-state index contributed by atoms with van der Waals surface area (Å²) < 4.78 is 33.1. The van der Waals surface area contributed by atoms with E-state index in [9.17, 15) is 13.2 Å². The molecule has 2 aromatic carbocycles. The summed E-state index contributed by atoms with van der Waals surface area (Å²) in [5.41, 5.74) is 0.941. The van der Waals surface area contributed by atoms with Gasteiger partial charge in [0.1, 0.15) is 0 Å². The van der Waals surface area contributed by atoms with Crippen LogP contribution in [0.4, 0.5) is 4.79 Å². The highest BCUT2D eigenvalue weighted by Gasteiger charge is 2.28. The number of amides is 1. The van der Waals surface area contributed by atoms with Gasteiger partial charge in [-0.05, 0) is 36.2 Å². The quantitative estimate of drug-likeness (QED) is 0.799. The van der Waals surface area contributed by atoms with Crippen molar-refractivity contribution in [1.29, 1.82) is 0 Å². The summed E-state index contributed by atoms with van der Waals surface area (Å²) in [5, 5.41) is 1.86. The minimum absolute atomic E-state index is 0.140. The average molecular weight is 388 g/mol. The molecule has 0 aromatic heterocycles. The molecule has 3 rings (SSSR count). The lowest BCUT2D eigenvalue weighted by molar-refractivity contribution is 0.0973. The van der Waals surface area contributed by atoms with E-state index in [1.807, 2.05) is 24.3 Å². The van der Waals surface area contributed by atoms with Gasteiger partial charge in [-0.15, -0.1) is 0 Å². The first kappa shape index (κ1) is 19.4. The van der Waals surface area contributed by atoms with Crippen LogP contribution < -0.4 is 4.72 Å². The van der Waals surface area contributed by atoms with Crippen molar-refractivity contribution >= 4 is 26.9 Å². The Balaban J connectivity index is 1.69. The fourth-order valence-electron chi connectivity index (χ4n) is 3.19. The Labute approximate surface area is 159 Å². The monoisotopic (exact) mass is 388 g/mol. The van der Waals surface area contributed by atoms with Gasteiger partial charge in [0.05, 0.1) is 11.5 Å². The van der Waals surface area contributed by atoms with Crippen LogP contribution in [0.5, 0.6) is 0 Å². The summed E-state index contributed by atoms with van der Waals surface area (Å²) in [7, 11) is -3.65. The van der Waals surface area contributed by atoms with Gasteiger partial charge in [-0.25, -0.2) is 17.9 Å². The highest BCUT2D eigenvalue weighted by Crippen LogP contribution is 2.23. The molecule has 1 heterocycles. The average Bonchev–Trinajstić information content (AvgIpc) is 2.67. The number of benzene rings is 2. The maximum atomic E-state index is 12.7. The minimum Gasteiger partial charge on any atom is -0.450 e. The second-order valence-electron chi connectivity index (χ2n) is 6.61. The van der Waals surface area contributed by atoms with Crippen molar-refractivity contribution in [2.24, 2.45) is 5.92 Å². The molecule has 1 N–H and O–H groups in total. The lowest BCUT2D eigenvalue weighted by Gasteiger charge is -2.33. The van der Waals surface area contributed by atoms with Gasteiger partial charge in [0, 0.05) is 25.6 Å². The van der Waals surface area contributed by atoms with Gasteiger partial charge in [-0.3, -0.25) is 0 Å². The summed E-state index contributed by atoms with van der Waals surface area (Å²) >= 11 is 0. The minimum atomic E-state index is -3.65. The first-order chi connectivity index (χ1) is 12.9. The zero-order valence-electron chi connectivity index (χ0n) is 15.3. The smallest absolute Gasteiger partial charge is 0.409 e. The molecule has 0 radical (unpaired) electrons. The zero-order chi connectivity index (χ0) is 19.4. The fraction of sp³-hybridized carbons (Fsp3) is 0.350. The Hall–Kier alpha value is -2.38. The van der Waals surface area contributed by atoms with Crippen LogP contribution >= 0.6 is 0 Å². The van der Waals surface area contributed by atoms with Crippen LogP contribution in [0, 0.1) is 5.92 Å². The molecule has 1 saturated heterocycles. The standard InChI is InChI=1S/C20H24N2O4S/c1-3-26-20(23)22-11-10-15(2)18(14-22)13-21-27(24,25)19-9-8-16-6-4-5-7-17(16)12-19/h4-9,12,18,21H,2-3,10-11,13-14H2,1H3/t18-/m1/s1. The van der Waals surface area contributed by atoms with Crippen LogP contribution in [0.1, 0.15) is 13.3 Å². The third kappa shape index (κ3) is 4.48. The number of likely N-dealkylation sites (tertiary alicyclic amines) is 1.